The highest BCUT2D eigenvalue weighted by Crippen LogP contribution is 2.15. The van der Waals surface area contributed by atoms with Crippen molar-refractivity contribution in [2.75, 3.05) is 13.2 Å². The van der Waals surface area contributed by atoms with Crippen molar-refractivity contribution in [3.05, 3.63) is 109 Å². The molecule has 1 unspecified atom stereocenters. The number of carbonyl (C=O) groups excluding carboxylic acids is 3. The first-order valence-electron chi connectivity index (χ1n) is 28.9. The number of hydrogen-bond acceptors (Lipinski definition) is 6. The maximum Gasteiger partial charge on any atom is 0.306 e. The van der Waals surface area contributed by atoms with E-state index in [0.717, 1.165) is 135 Å². The summed E-state index contributed by atoms with van der Waals surface area (Å²) in [5.74, 6) is -0.912. The lowest BCUT2D eigenvalue weighted by Crippen LogP contribution is -2.30. The standard InChI is InChI=1S/C64H106O6/c1-4-7-10-13-16-19-22-24-26-28-29-30-31-32-33-34-35-37-38-40-42-45-48-51-54-57-63(66)69-60-61(59-68-62(65)56-53-50-47-44-21-18-15-12-9-6-3)70-64(67)58-55-52-49-46-43-41-39-36-27-25-23-20-17-14-11-8-5-2/h7-8,10-11,16-17,19-20,24-27,29-30,32-33,35,37,61H,4-6,9,12-15,18,21-23,28,31,34,36,38-60H2,1-3H3/b10-7-,11-8-,19-16-,20-17-,26-24-,27-25-,30-29-,33-32-,37-35-. The molecule has 0 aliphatic rings. The second kappa shape index (κ2) is 57.6. The van der Waals surface area contributed by atoms with Gasteiger partial charge in [0.2, 0.25) is 0 Å². The topological polar surface area (TPSA) is 78.9 Å². The fourth-order valence-corrected chi connectivity index (χ4v) is 7.75. The van der Waals surface area contributed by atoms with Gasteiger partial charge in [0.05, 0.1) is 0 Å². The summed E-state index contributed by atoms with van der Waals surface area (Å²) < 4.78 is 16.8. The van der Waals surface area contributed by atoms with E-state index in [1.165, 1.54) is 83.5 Å². The third kappa shape index (κ3) is 55.0. The summed E-state index contributed by atoms with van der Waals surface area (Å²) in [6.45, 7) is 6.38. The Bertz CT molecular complexity index is 1440. The zero-order valence-electron chi connectivity index (χ0n) is 45.5. The molecule has 0 amide bonds. The van der Waals surface area contributed by atoms with Crippen LogP contribution in [-0.2, 0) is 28.6 Å². The molecule has 0 fully saturated rings. The molecule has 0 bridgehead atoms. The molecule has 0 aliphatic carbocycles. The highest BCUT2D eigenvalue weighted by atomic mass is 16.6. The van der Waals surface area contributed by atoms with Gasteiger partial charge in [-0.25, -0.2) is 0 Å². The summed E-state index contributed by atoms with van der Waals surface area (Å²) in [6, 6.07) is 0. The molecule has 6 nitrogen and oxygen atoms in total. The quantitative estimate of drug-likeness (QED) is 0.0262. The molecule has 0 aromatic carbocycles. The number of carbonyl (C=O) groups is 3. The monoisotopic (exact) mass is 971 g/mol. The summed E-state index contributed by atoms with van der Waals surface area (Å²) in [5.41, 5.74) is 0. The fourth-order valence-electron chi connectivity index (χ4n) is 7.75. The predicted octanol–water partition coefficient (Wildman–Crippen LogP) is 19.5. The van der Waals surface area contributed by atoms with E-state index in [1.54, 1.807) is 0 Å². The van der Waals surface area contributed by atoms with Gasteiger partial charge in [-0.1, -0.05) is 246 Å². The Labute approximate surface area is 431 Å². The van der Waals surface area contributed by atoms with E-state index in [0.29, 0.717) is 19.3 Å². The summed E-state index contributed by atoms with van der Waals surface area (Å²) >= 11 is 0. The minimum absolute atomic E-state index is 0.0866. The SMILES string of the molecule is CC/C=C\C/C=C\C/C=C\C/C=C\C/C=C\C/C=C\CCCCCCCCC(=O)OCC(COC(=O)CCCCCCCCCCCC)OC(=O)CCCCCCCCC/C=C\C/C=C\C/C=C\CC. The van der Waals surface area contributed by atoms with Gasteiger partial charge in [-0.05, 0) is 103 Å². The van der Waals surface area contributed by atoms with Crippen LogP contribution in [0.5, 0.6) is 0 Å². The maximum atomic E-state index is 12.8. The average Bonchev–Trinajstić information content (AvgIpc) is 3.36. The van der Waals surface area contributed by atoms with Gasteiger partial charge < -0.3 is 14.2 Å². The number of hydrogen-bond donors (Lipinski definition) is 0. The van der Waals surface area contributed by atoms with Crippen molar-refractivity contribution in [2.24, 2.45) is 0 Å². The van der Waals surface area contributed by atoms with E-state index in [4.69, 9.17) is 14.2 Å². The van der Waals surface area contributed by atoms with Gasteiger partial charge in [0.1, 0.15) is 13.2 Å². The molecule has 0 heterocycles. The molecule has 6 heteroatoms. The van der Waals surface area contributed by atoms with Crippen LogP contribution < -0.4 is 0 Å². The van der Waals surface area contributed by atoms with Crippen LogP contribution in [-0.4, -0.2) is 37.2 Å². The van der Waals surface area contributed by atoms with Crippen LogP contribution in [0.15, 0.2) is 109 Å². The number of ether oxygens (including phenoxy) is 3. The second-order valence-corrected chi connectivity index (χ2v) is 18.8. The van der Waals surface area contributed by atoms with Crippen LogP contribution in [0.25, 0.3) is 0 Å². The number of esters is 3. The van der Waals surface area contributed by atoms with E-state index in [1.807, 2.05) is 0 Å². The first-order chi connectivity index (χ1) is 34.5. The van der Waals surface area contributed by atoms with Gasteiger partial charge in [0, 0.05) is 19.3 Å². The van der Waals surface area contributed by atoms with Crippen molar-refractivity contribution in [3.63, 3.8) is 0 Å². The van der Waals surface area contributed by atoms with Gasteiger partial charge >= 0.3 is 17.9 Å². The van der Waals surface area contributed by atoms with E-state index in [2.05, 4.69) is 130 Å². The number of allylic oxidation sites excluding steroid dienone is 18. The first-order valence-corrected chi connectivity index (χ1v) is 28.9. The predicted molar refractivity (Wildman–Crippen MR) is 302 cm³/mol. The van der Waals surface area contributed by atoms with Crippen LogP contribution in [0, 0.1) is 0 Å². The highest BCUT2D eigenvalue weighted by molar-refractivity contribution is 5.71. The molecule has 0 spiro atoms. The minimum Gasteiger partial charge on any atom is -0.462 e. The molecule has 1 atom stereocenters. The van der Waals surface area contributed by atoms with E-state index >= 15 is 0 Å². The van der Waals surface area contributed by atoms with Gasteiger partial charge in [0.25, 0.3) is 0 Å². The van der Waals surface area contributed by atoms with Crippen molar-refractivity contribution in [1.29, 1.82) is 0 Å². The molecule has 0 radical (unpaired) electrons. The zero-order valence-corrected chi connectivity index (χ0v) is 45.5. The normalized spacial score (nSPS) is 12.9. The molecule has 398 valence electrons. The lowest BCUT2D eigenvalue weighted by molar-refractivity contribution is -0.167. The van der Waals surface area contributed by atoms with Gasteiger partial charge in [-0.15, -0.1) is 0 Å². The molecule has 0 aromatic heterocycles. The lowest BCUT2D eigenvalue weighted by Gasteiger charge is -2.18. The summed E-state index contributed by atoms with van der Waals surface area (Å²) in [6.07, 6.45) is 77.9. The molecule has 0 saturated carbocycles. The Hall–Kier alpha value is -3.93. The van der Waals surface area contributed by atoms with Crippen LogP contribution in [0.1, 0.15) is 258 Å². The van der Waals surface area contributed by atoms with Crippen LogP contribution in [0.4, 0.5) is 0 Å². The highest BCUT2D eigenvalue weighted by Gasteiger charge is 2.19. The number of rotatable bonds is 51. The van der Waals surface area contributed by atoms with Gasteiger partial charge in [0.15, 0.2) is 6.10 Å². The fraction of sp³-hybridized carbons (Fsp3) is 0.672. The molecule has 0 N–H and O–H groups in total. The molecule has 70 heavy (non-hydrogen) atoms. The van der Waals surface area contributed by atoms with Gasteiger partial charge in [-0.3, -0.25) is 14.4 Å². The summed E-state index contributed by atoms with van der Waals surface area (Å²) in [5, 5.41) is 0. The molecule has 0 saturated heterocycles. The molecule has 0 aromatic rings. The molecule has 0 aliphatic heterocycles. The van der Waals surface area contributed by atoms with Crippen molar-refractivity contribution >= 4 is 17.9 Å². The van der Waals surface area contributed by atoms with E-state index in [-0.39, 0.29) is 31.1 Å². The zero-order chi connectivity index (χ0) is 50.7. The van der Waals surface area contributed by atoms with Gasteiger partial charge in [-0.2, -0.15) is 0 Å². The Balaban J connectivity index is 4.34. The summed E-state index contributed by atoms with van der Waals surface area (Å²) in [4.78, 5) is 38.1. The molecule has 0 rings (SSSR count). The van der Waals surface area contributed by atoms with E-state index < -0.39 is 6.10 Å². The van der Waals surface area contributed by atoms with Crippen molar-refractivity contribution in [1.82, 2.24) is 0 Å². The average molecular weight is 972 g/mol. The first kappa shape index (κ1) is 66.1. The Kier molecular flexibility index (Phi) is 54.4. The van der Waals surface area contributed by atoms with E-state index in [9.17, 15) is 14.4 Å². The largest absolute Gasteiger partial charge is 0.462 e. The van der Waals surface area contributed by atoms with Crippen LogP contribution in [0.3, 0.4) is 0 Å². The Morgan fingerprint density at radius 1 is 0.300 bits per heavy atom. The molecular formula is C64H106O6. The second-order valence-electron chi connectivity index (χ2n) is 18.8. The van der Waals surface area contributed by atoms with Crippen molar-refractivity contribution in [3.8, 4) is 0 Å². The van der Waals surface area contributed by atoms with Crippen LogP contribution in [0.2, 0.25) is 0 Å². The Morgan fingerprint density at radius 2 is 0.557 bits per heavy atom. The number of unbranched alkanes of at least 4 members (excludes halogenated alkanes) is 22. The van der Waals surface area contributed by atoms with Crippen molar-refractivity contribution < 1.29 is 28.6 Å². The van der Waals surface area contributed by atoms with Crippen LogP contribution >= 0.6 is 0 Å². The maximum absolute atomic E-state index is 12.8. The van der Waals surface area contributed by atoms with Crippen molar-refractivity contribution in [2.45, 2.75) is 264 Å². The molecular weight excluding hydrogens is 865 g/mol. The Morgan fingerprint density at radius 3 is 0.871 bits per heavy atom. The third-order valence-corrected chi connectivity index (χ3v) is 12.0. The summed E-state index contributed by atoms with van der Waals surface area (Å²) in [7, 11) is 0. The lowest BCUT2D eigenvalue weighted by atomic mass is 10.1. The third-order valence-electron chi connectivity index (χ3n) is 12.0. The minimum atomic E-state index is -0.790. The smallest absolute Gasteiger partial charge is 0.306 e.